The van der Waals surface area contributed by atoms with Crippen LogP contribution >= 0.6 is 0 Å². The summed E-state index contributed by atoms with van der Waals surface area (Å²) in [7, 11) is 0. The molecular weight excluding hydrogens is 516 g/mol. The molecule has 3 nitrogen and oxygen atoms in total. The highest BCUT2D eigenvalue weighted by Gasteiger charge is 2.03. The third-order valence-corrected chi connectivity index (χ3v) is 8.59. The molecule has 0 aliphatic rings. The van der Waals surface area contributed by atoms with Gasteiger partial charge in [0.25, 0.3) is 0 Å². The number of carbonyl (C=O) groups is 1. The van der Waals surface area contributed by atoms with Gasteiger partial charge in [0.2, 0.25) is 0 Å². The van der Waals surface area contributed by atoms with Crippen molar-refractivity contribution in [2.45, 2.75) is 219 Å². The molecule has 0 aliphatic carbocycles. The van der Waals surface area contributed by atoms with E-state index < -0.39 is 6.16 Å². The Kier molecular flexibility index (Phi) is 37.1. The predicted octanol–water partition coefficient (Wildman–Crippen LogP) is 14.2. The zero-order valence-corrected chi connectivity index (χ0v) is 28.9. The van der Waals surface area contributed by atoms with Crippen molar-refractivity contribution in [2.75, 3.05) is 13.2 Å². The lowest BCUT2D eigenvalue weighted by atomic mass is 10.0. The van der Waals surface area contributed by atoms with E-state index in [9.17, 15) is 4.79 Å². The molecule has 0 aromatic carbocycles. The fourth-order valence-electron chi connectivity index (χ4n) is 5.71. The molecule has 0 unspecified atom stereocenters. The van der Waals surface area contributed by atoms with Crippen molar-refractivity contribution in [3.05, 3.63) is 12.2 Å². The first-order valence-corrected chi connectivity index (χ1v) is 19.3. The quantitative estimate of drug-likeness (QED) is 0.0417. The van der Waals surface area contributed by atoms with Gasteiger partial charge < -0.3 is 9.47 Å². The van der Waals surface area contributed by atoms with E-state index in [2.05, 4.69) is 26.0 Å². The molecule has 0 fully saturated rings. The lowest BCUT2D eigenvalue weighted by Crippen LogP contribution is -2.09. The van der Waals surface area contributed by atoms with Crippen LogP contribution in [0.25, 0.3) is 0 Å². The van der Waals surface area contributed by atoms with Gasteiger partial charge in [-0.15, -0.1) is 0 Å². The molecule has 250 valence electrons. The van der Waals surface area contributed by atoms with Crippen molar-refractivity contribution in [3.8, 4) is 0 Å². The van der Waals surface area contributed by atoms with Crippen molar-refractivity contribution in [1.29, 1.82) is 0 Å². The van der Waals surface area contributed by atoms with Gasteiger partial charge in [-0.1, -0.05) is 193 Å². The number of allylic oxidation sites excluding steroid dienone is 2. The summed E-state index contributed by atoms with van der Waals surface area (Å²) in [6, 6.07) is 0. The maximum absolute atomic E-state index is 11.7. The third kappa shape index (κ3) is 37.0. The molecule has 0 amide bonds. The minimum absolute atomic E-state index is 0.477. The molecular formula is C39H76O3. The fourth-order valence-corrected chi connectivity index (χ4v) is 5.71. The van der Waals surface area contributed by atoms with E-state index in [1.54, 1.807) is 0 Å². The predicted molar refractivity (Wildman–Crippen MR) is 186 cm³/mol. The van der Waals surface area contributed by atoms with Crippen LogP contribution in [0.1, 0.15) is 219 Å². The van der Waals surface area contributed by atoms with E-state index in [0.717, 1.165) is 25.7 Å². The second kappa shape index (κ2) is 38.0. The summed E-state index contributed by atoms with van der Waals surface area (Å²) in [5.41, 5.74) is 0. The number of ether oxygens (including phenoxy) is 2. The van der Waals surface area contributed by atoms with Gasteiger partial charge in [0.05, 0.1) is 13.2 Å². The number of carbonyl (C=O) groups excluding carboxylic acids is 1. The van der Waals surface area contributed by atoms with Crippen LogP contribution in [0.15, 0.2) is 12.2 Å². The van der Waals surface area contributed by atoms with Gasteiger partial charge in [-0.05, 0) is 38.5 Å². The highest BCUT2D eigenvalue weighted by molar-refractivity contribution is 5.59. The van der Waals surface area contributed by atoms with E-state index in [1.807, 2.05) is 0 Å². The van der Waals surface area contributed by atoms with Crippen LogP contribution < -0.4 is 0 Å². The minimum Gasteiger partial charge on any atom is -0.434 e. The molecule has 0 atom stereocenters. The molecule has 42 heavy (non-hydrogen) atoms. The maximum atomic E-state index is 11.7. The number of hydrogen-bond acceptors (Lipinski definition) is 3. The van der Waals surface area contributed by atoms with Crippen LogP contribution in [0, 0.1) is 0 Å². The minimum atomic E-state index is -0.477. The summed E-state index contributed by atoms with van der Waals surface area (Å²) in [5.74, 6) is 0. The SMILES string of the molecule is CCCCCCCC/C=C\CCCCCCCCOC(=O)OCCCCCCCCCCCCCCCCCCCC. The normalized spacial score (nSPS) is 11.5. The molecule has 0 N–H and O–H groups in total. The summed E-state index contributed by atoms with van der Waals surface area (Å²) in [5, 5.41) is 0. The number of rotatable bonds is 35. The van der Waals surface area contributed by atoms with Crippen molar-refractivity contribution in [1.82, 2.24) is 0 Å². The molecule has 0 bridgehead atoms. The standard InChI is InChI=1S/C39H76O3/c1-3-5-7-9-11-13-15-17-19-21-22-24-26-28-30-32-34-36-38-42-39(40)41-37-35-33-31-29-27-25-23-20-18-16-14-12-10-8-6-4-2/h18,20H,3-17,19,21-38H2,1-2H3/b20-18-. The fraction of sp³-hybridized carbons (Fsp3) is 0.923. The van der Waals surface area contributed by atoms with Crippen molar-refractivity contribution >= 4 is 6.16 Å². The average Bonchev–Trinajstić information content (AvgIpc) is 3.00. The Balaban J connectivity index is 3.18. The molecule has 0 aliphatic heterocycles. The Hall–Kier alpha value is -0.990. The largest absolute Gasteiger partial charge is 0.508 e. The average molecular weight is 593 g/mol. The first-order valence-electron chi connectivity index (χ1n) is 19.3. The molecule has 0 aromatic rings. The Morgan fingerprint density at radius 3 is 0.881 bits per heavy atom. The van der Waals surface area contributed by atoms with Crippen LogP contribution in [0.5, 0.6) is 0 Å². The van der Waals surface area contributed by atoms with Gasteiger partial charge in [-0.2, -0.15) is 0 Å². The van der Waals surface area contributed by atoms with E-state index >= 15 is 0 Å². The van der Waals surface area contributed by atoms with Gasteiger partial charge in [-0.25, -0.2) is 4.79 Å². The molecule has 0 saturated carbocycles. The first kappa shape index (κ1) is 41.0. The third-order valence-electron chi connectivity index (χ3n) is 8.59. The van der Waals surface area contributed by atoms with Gasteiger partial charge in [0.1, 0.15) is 0 Å². The van der Waals surface area contributed by atoms with Crippen LogP contribution in [0.2, 0.25) is 0 Å². The second-order valence-electron chi connectivity index (χ2n) is 12.9. The smallest absolute Gasteiger partial charge is 0.434 e. The summed E-state index contributed by atoms with van der Waals surface area (Å²) < 4.78 is 10.5. The number of unbranched alkanes of at least 4 members (excludes halogenated alkanes) is 29. The molecule has 0 saturated heterocycles. The van der Waals surface area contributed by atoms with Crippen molar-refractivity contribution < 1.29 is 14.3 Å². The van der Waals surface area contributed by atoms with Crippen molar-refractivity contribution in [3.63, 3.8) is 0 Å². The zero-order valence-electron chi connectivity index (χ0n) is 28.9. The van der Waals surface area contributed by atoms with E-state index in [-0.39, 0.29) is 0 Å². The summed E-state index contributed by atoms with van der Waals surface area (Å²) >= 11 is 0. The Labute approximate surface area is 264 Å². The van der Waals surface area contributed by atoms with E-state index in [4.69, 9.17) is 9.47 Å². The topological polar surface area (TPSA) is 35.5 Å². The second-order valence-corrected chi connectivity index (χ2v) is 12.9. The van der Waals surface area contributed by atoms with E-state index in [0.29, 0.717) is 13.2 Å². The molecule has 0 rings (SSSR count). The lowest BCUT2D eigenvalue weighted by molar-refractivity contribution is 0.0529. The first-order chi connectivity index (χ1) is 20.8. The molecule has 0 aromatic heterocycles. The highest BCUT2D eigenvalue weighted by atomic mass is 16.7. The monoisotopic (exact) mass is 593 g/mol. The van der Waals surface area contributed by atoms with Gasteiger partial charge in [0, 0.05) is 0 Å². The van der Waals surface area contributed by atoms with Gasteiger partial charge >= 0.3 is 6.16 Å². The van der Waals surface area contributed by atoms with Gasteiger partial charge in [-0.3, -0.25) is 0 Å². The number of hydrogen-bond donors (Lipinski definition) is 0. The lowest BCUT2D eigenvalue weighted by Gasteiger charge is -2.06. The summed E-state index contributed by atoms with van der Waals surface area (Å²) in [6.07, 6.45) is 46.9. The molecule has 0 spiro atoms. The summed E-state index contributed by atoms with van der Waals surface area (Å²) in [4.78, 5) is 11.7. The maximum Gasteiger partial charge on any atom is 0.508 e. The van der Waals surface area contributed by atoms with E-state index in [1.165, 1.54) is 180 Å². The van der Waals surface area contributed by atoms with Crippen LogP contribution in [0.4, 0.5) is 4.79 Å². The van der Waals surface area contributed by atoms with Gasteiger partial charge in [0.15, 0.2) is 0 Å². The van der Waals surface area contributed by atoms with Crippen LogP contribution in [0.3, 0.4) is 0 Å². The Bertz CT molecular complexity index is 530. The van der Waals surface area contributed by atoms with Crippen LogP contribution in [-0.2, 0) is 9.47 Å². The zero-order chi connectivity index (χ0) is 30.4. The van der Waals surface area contributed by atoms with Crippen LogP contribution in [-0.4, -0.2) is 19.4 Å². The van der Waals surface area contributed by atoms with Crippen molar-refractivity contribution in [2.24, 2.45) is 0 Å². The molecule has 0 heterocycles. The molecule has 3 heteroatoms. The highest BCUT2D eigenvalue weighted by Crippen LogP contribution is 2.15. The summed E-state index contributed by atoms with van der Waals surface area (Å²) in [6.45, 7) is 5.57. The Morgan fingerprint density at radius 1 is 0.357 bits per heavy atom. The Morgan fingerprint density at radius 2 is 0.595 bits per heavy atom. The molecule has 0 radical (unpaired) electrons.